The Labute approximate surface area is 133 Å². The third-order valence-corrected chi connectivity index (χ3v) is 4.15. The lowest BCUT2D eigenvalue weighted by Gasteiger charge is -2.03. The number of ether oxygens (including phenoxy) is 1. The molecular formula is C19H40O2. The zero-order valence-corrected chi connectivity index (χ0v) is 14.6. The van der Waals surface area contributed by atoms with Gasteiger partial charge in [0, 0.05) is 19.8 Å². The molecule has 0 saturated carbocycles. The highest BCUT2D eigenvalue weighted by atomic mass is 16.5. The Kier molecular flexibility index (Phi) is 19.8. The smallest absolute Gasteiger partial charge is 0.0465 e. The molecule has 0 spiro atoms. The van der Waals surface area contributed by atoms with Gasteiger partial charge in [0.2, 0.25) is 0 Å². The molecule has 0 aliphatic heterocycles. The third kappa shape index (κ3) is 19.9. The molecule has 2 heteroatoms. The van der Waals surface area contributed by atoms with Crippen LogP contribution >= 0.6 is 0 Å². The third-order valence-electron chi connectivity index (χ3n) is 4.15. The Bertz CT molecular complexity index is 153. The van der Waals surface area contributed by atoms with Gasteiger partial charge in [-0.15, -0.1) is 0 Å². The molecule has 21 heavy (non-hydrogen) atoms. The maximum Gasteiger partial charge on any atom is 0.0465 e. The van der Waals surface area contributed by atoms with Crippen molar-refractivity contribution in [1.82, 2.24) is 0 Å². The highest BCUT2D eigenvalue weighted by molar-refractivity contribution is 4.49. The number of rotatable bonds is 18. The number of unbranched alkanes of at least 4 members (excludes halogenated alkanes) is 14. The van der Waals surface area contributed by atoms with Crippen LogP contribution in [0.25, 0.3) is 0 Å². The standard InChI is InChI=1S/C19H40O2/c1-2-21-19-17-15-13-11-9-7-5-3-4-6-8-10-12-14-16-18-20/h20H,2-19H2,1H3. The van der Waals surface area contributed by atoms with Crippen molar-refractivity contribution in [2.45, 2.75) is 103 Å². The van der Waals surface area contributed by atoms with Crippen molar-refractivity contribution in [2.24, 2.45) is 0 Å². The molecule has 0 heterocycles. The minimum atomic E-state index is 0.368. The Morgan fingerprint density at radius 3 is 1.19 bits per heavy atom. The molecule has 0 unspecified atom stereocenters. The molecule has 0 rings (SSSR count). The maximum atomic E-state index is 8.69. The van der Waals surface area contributed by atoms with Crippen LogP contribution in [0, 0.1) is 0 Å². The molecule has 1 N–H and O–H groups in total. The summed E-state index contributed by atoms with van der Waals surface area (Å²) in [5.74, 6) is 0. The quantitative estimate of drug-likeness (QED) is 0.321. The first-order valence-electron chi connectivity index (χ1n) is 9.60. The van der Waals surface area contributed by atoms with Crippen LogP contribution in [-0.4, -0.2) is 24.9 Å². The van der Waals surface area contributed by atoms with Crippen molar-refractivity contribution in [3.8, 4) is 0 Å². The van der Waals surface area contributed by atoms with E-state index in [0.29, 0.717) is 6.61 Å². The lowest BCUT2D eigenvalue weighted by atomic mass is 10.0. The van der Waals surface area contributed by atoms with E-state index in [4.69, 9.17) is 9.84 Å². The van der Waals surface area contributed by atoms with Crippen LogP contribution < -0.4 is 0 Å². The molecule has 0 fully saturated rings. The number of aliphatic hydroxyl groups excluding tert-OH is 1. The first-order valence-corrected chi connectivity index (χ1v) is 9.60. The lowest BCUT2D eigenvalue weighted by Crippen LogP contribution is -1.92. The van der Waals surface area contributed by atoms with Crippen molar-refractivity contribution in [3.05, 3.63) is 0 Å². The molecule has 0 radical (unpaired) electrons. The van der Waals surface area contributed by atoms with Crippen LogP contribution in [0.1, 0.15) is 103 Å². The topological polar surface area (TPSA) is 29.5 Å². The van der Waals surface area contributed by atoms with E-state index in [9.17, 15) is 0 Å². The first-order chi connectivity index (χ1) is 10.4. The molecule has 0 amide bonds. The molecule has 0 saturated heterocycles. The van der Waals surface area contributed by atoms with Gasteiger partial charge in [-0.3, -0.25) is 0 Å². The van der Waals surface area contributed by atoms with Gasteiger partial charge in [-0.25, -0.2) is 0 Å². The highest BCUT2D eigenvalue weighted by Gasteiger charge is 1.94. The van der Waals surface area contributed by atoms with Gasteiger partial charge in [-0.05, 0) is 19.8 Å². The maximum absolute atomic E-state index is 8.69. The number of hydrogen-bond donors (Lipinski definition) is 1. The molecule has 0 atom stereocenters. The molecule has 0 bridgehead atoms. The zero-order chi connectivity index (χ0) is 15.4. The normalized spacial score (nSPS) is 11.1. The summed E-state index contributed by atoms with van der Waals surface area (Å²) in [5.41, 5.74) is 0. The van der Waals surface area contributed by atoms with Gasteiger partial charge in [0.25, 0.3) is 0 Å². The van der Waals surface area contributed by atoms with Crippen LogP contribution in [-0.2, 0) is 4.74 Å². The predicted molar refractivity (Wildman–Crippen MR) is 92.8 cm³/mol. The molecule has 0 aromatic heterocycles. The average molecular weight is 301 g/mol. The first kappa shape index (κ1) is 20.9. The zero-order valence-electron chi connectivity index (χ0n) is 14.6. The minimum Gasteiger partial charge on any atom is -0.396 e. The van der Waals surface area contributed by atoms with Gasteiger partial charge in [0.15, 0.2) is 0 Å². The molecule has 2 nitrogen and oxygen atoms in total. The van der Waals surface area contributed by atoms with E-state index in [1.165, 1.54) is 89.9 Å². The van der Waals surface area contributed by atoms with Crippen molar-refractivity contribution >= 4 is 0 Å². The van der Waals surface area contributed by atoms with Gasteiger partial charge < -0.3 is 9.84 Å². The van der Waals surface area contributed by atoms with Crippen LogP contribution in [0.5, 0.6) is 0 Å². The summed E-state index contributed by atoms with van der Waals surface area (Å²) >= 11 is 0. The summed E-state index contributed by atoms with van der Waals surface area (Å²) in [7, 11) is 0. The summed E-state index contributed by atoms with van der Waals surface area (Å²) in [6.45, 7) is 4.25. The second kappa shape index (κ2) is 19.9. The van der Waals surface area contributed by atoms with Crippen LogP contribution in [0.4, 0.5) is 0 Å². The largest absolute Gasteiger partial charge is 0.396 e. The fourth-order valence-electron chi connectivity index (χ4n) is 2.76. The lowest BCUT2D eigenvalue weighted by molar-refractivity contribution is 0.143. The van der Waals surface area contributed by atoms with Crippen molar-refractivity contribution in [3.63, 3.8) is 0 Å². The van der Waals surface area contributed by atoms with E-state index in [0.717, 1.165) is 19.6 Å². The van der Waals surface area contributed by atoms with Crippen LogP contribution in [0.2, 0.25) is 0 Å². The Morgan fingerprint density at radius 1 is 0.524 bits per heavy atom. The molecule has 0 aromatic carbocycles. The van der Waals surface area contributed by atoms with Gasteiger partial charge in [-0.2, -0.15) is 0 Å². The van der Waals surface area contributed by atoms with Gasteiger partial charge in [0.1, 0.15) is 0 Å². The number of hydrogen-bond acceptors (Lipinski definition) is 2. The molecular weight excluding hydrogens is 260 g/mol. The summed E-state index contributed by atoms with van der Waals surface area (Å²) in [6.07, 6.45) is 20.2. The number of aliphatic hydroxyl groups is 1. The van der Waals surface area contributed by atoms with E-state index >= 15 is 0 Å². The summed E-state index contributed by atoms with van der Waals surface area (Å²) < 4.78 is 5.34. The van der Waals surface area contributed by atoms with Crippen molar-refractivity contribution < 1.29 is 9.84 Å². The van der Waals surface area contributed by atoms with E-state index in [1.807, 2.05) is 0 Å². The fourth-order valence-corrected chi connectivity index (χ4v) is 2.76. The van der Waals surface area contributed by atoms with Crippen molar-refractivity contribution in [1.29, 1.82) is 0 Å². The highest BCUT2D eigenvalue weighted by Crippen LogP contribution is 2.13. The predicted octanol–water partition coefficient (Wildman–Crippen LogP) is 5.87. The molecule has 0 aliphatic rings. The minimum absolute atomic E-state index is 0.368. The van der Waals surface area contributed by atoms with Crippen molar-refractivity contribution in [2.75, 3.05) is 19.8 Å². The van der Waals surface area contributed by atoms with Gasteiger partial charge in [-0.1, -0.05) is 83.5 Å². The Hall–Kier alpha value is -0.0800. The molecule has 0 aliphatic carbocycles. The van der Waals surface area contributed by atoms with Crippen LogP contribution in [0.3, 0.4) is 0 Å². The average Bonchev–Trinajstić information content (AvgIpc) is 2.50. The van der Waals surface area contributed by atoms with E-state index in [2.05, 4.69) is 6.92 Å². The summed E-state index contributed by atoms with van der Waals surface area (Å²) in [6, 6.07) is 0. The van der Waals surface area contributed by atoms with E-state index in [1.54, 1.807) is 0 Å². The summed E-state index contributed by atoms with van der Waals surface area (Å²) in [5, 5.41) is 8.69. The van der Waals surface area contributed by atoms with Gasteiger partial charge in [0.05, 0.1) is 0 Å². The monoisotopic (exact) mass is 300 g/mol. The second-order valence-electron chi connectivity index (χ2n) is 6.22. The molecule has 128 valence electrons. The fraction of sp³-hybridized carbons (Fsp3) is 1.00. The summed E-state index contributed by atoms with van der Waals surface area (Å²) in [4.78, 5) is 0. The van der Waals surface area contributed by atoms with Crippen LogP contribution in [0.15, 0.2) is 0 Å². The van der Waals surface area contributed by atoms with E-state index in [-0.39, 0.29) is 0 Å². The Morgan fingerprint density at radius 2 is 0.857 bits per heavy atom. The SMILES string of the molecule is CCOCCCCCCCCCCCCCCCCCO. The second-order valence-corrected chi connectivity index (χ2v) is 6.22. The molecule has 0 aromatic rings. The van der Waals surface area contributed by atoms with E-state index < -0.39 is 0 Å². The Balaban J connectivity index is 2.90. The van der Waals surface area contributed by atoms with Gasteiger partial charge >= 0.3 is 0 Å².